The van der Waals surface area contributed by atoms with E-state index in [1.165, 1.54) is 24.0 Å². The van der Waals surface area contributed by atoms with Crippen LogP contribution in [-0.4, -0.2) is 12.0 Å². The molecule has 0 amide bonds. The van der Waals surface area contributed by atoms with Crippen LogP contribution in [0.5, 0.6) is 0 Å². The predicted molar refractivity (Wildman–Crippen MR) is 72.0 cm³/mol. The van der Waals surface area contributed by atoms with E-state index in [2.05, 4.69) is 48.4 Å². The second kappa shape index (κ2) is 5.21. The Bertz CT molecular complexity index is 390. The summed E-state index contributed by atoms with van der Waals surface area (Å²) in [6, 6.07) is 9.33. The Labute approximate surface area is 103 Å². The number of hydrogen-bond acceptors (Lipinski definition) is 1. The minimum atomic E-state index is 0.211. The summed E-state index contributed by atoms with van der Waals surface area (Å²) >= 11 is 0. The Morgan fingerprint density at radius 2 is 2.06 bits per heavy atom. The molecule has 3 nitrogen and oxygen atoms in total. The molecule has 1 aliphatic carbocycles. The number of aryl methyl sites for hydroxylation is 1. The molecule has 1 aromatic carbocycles. The molecule has 0 saturated heterocycles. The lowest BCUT2D eigenvalue weighted by Gasteiger charge is -2.15. The highest BCUT2D eigenvalue weighted by atomic mass is 15.1. The molecule has 0 aromatic heterocycles. The van der Waals surface area contributed by atoms with E-state index in [1.807, 2.05) is 0 Å². The van der Waals surface area contributed by atoms with Crippen molar-refractivity contribution in [3.05, 3.63) is 35.4 Å². The average molecular weight is 231 g/mol. The van der Waals surface area contributed by atoms with Gasteiger partial charge in [0.2, 0.25) is 0 Å². The Balaban J connectivity index is 1.95. The van der Waals surface area contributed by atoms with Crippen LogP contribution in [-0.2, 0) is 6.42 Å². The molecule has 0 radical (unpaired) electrons. The molecule has 17 heavy (non-hydrogen) atoms. The van der Waals surface area contributed by atoms with Gasteiger partial charge in [0.25, 0.3) is 0 Å². The number of nitrogens with one attached hydrogen (secondary N) is 1. The van der Waals surface area contributed by atoms with Crippen molar-refractivity contribution in [3.8, 4) is 0 Å². The fourth-order valence-corrected chi connectivity index (χ4v) is 1.78. The molecule has 0 aliphatic heterocycles. The van der Waals surface area contributed by atoms with E-state index in [4.69, 9.17) is 5.73 Å². The first-order valence-corrected chi connectivity index (χ1v) is 6.37. The largest absolute Gasteiger partial charge is 0.370 e. The molecule has 1 unspecified atom stereocenters. The maximum atomic E-state index is 5.85. The first-order valence-electron chi connectivity index (χ1n) is 6.37. The minimum Gasteiger partial charge on any atom is -0.370 e. The molecule has 92 valence electrons. The van der Waals surface area contributed by atoms with Gasteiger partial charge >= 0.3 is 0 Å². The fourth-order valence-electron chi connectivity index (χ4n) is 1.78. The zero-order valence-electron chi connectivity index (χ0n) is 10.6. The summed E-state index contributed by atoms with van der Waals surface area (Å²) in [7, 11) is 0. The van der Waals surface area contributed by atoms with Gasteiger partial charge in [-0.3, -0.25) is 4.99 Å². The van der Waals surface area contributed by atoms with Crippen LogP contribution in [0.2, 0.25) is 0 Å². The smallest absolute Gasteiger partial charge is 0.189 e. The van der Waals surface area contributed by atoms with Gasteiger partial charge < -0.3 is 11.1 Å². The van der Waals surface area contributed by atoms with Gasteiger partial charge in [-0.05, 0) is 37.3 Å². The van der Waals surface area contributed by atoms with Crippen molar-refractivity contribution >= 4 is 5.96 Å². The number of nitrogens with zero attached hydrogens (tertiary/aromatic N) is 1. The minimum absolute atomic E-state index is 0.211. The van der Waals surface area contributed by atoms with Gasteiger partial charge in [0.05, 0.1) is 12.1 Å². The molecule has 2 rings (SSSR count). The van der Waals surface area contributed by atoms with Crippen molar-refractivity contribution in [3.63, 3.8) is 0 Å². The third-order valence-corrected chi connectivity index (χ3v) is 3.12. The molecule has 1 aromatic rings. The van der Waals surface area contributed by atoms with Crippen LogP contribution in [0.15, 0.2) is 29.3 Å². The van der Waals surface area contributed by atoms with Gasteiger partial charge in [-0.15, -0.1) is 0 Å². The van der Waals surface area contributed by atoms with Crippen molar-refractivity contribution in [1.82, 2.24) is 5.32 Å². The van der Waals surface area contributed by atoms with Gasteiger partial charge in [0.1, 0.15) is 0 Å². The molecular formula is C14H21N3. The van der Waals surface area contributed by atoms with Gasteiger partial charge in [-0.1, -0.05) is 31.2 Å². The fraction of sp³-hybridized carbons (Fsp3) is 0.500. The van der Waals surface area contributed by atoms with Crippen LogP contribution in [0.25, 0.3) is 0 Å². The van der Waals surface area contributed by atoms with Crippen LogP contribution < -0.4 is 11.1 Å². The van der Waals surface area contributed by atoms with Crippen LogP contribution in [0, 0.1) is 0 Å². The molecule has 1 aliphatic rings. The van der Waals surface area contributed by atoms with Crippen LogP contribution in [0.3, 0.4) is 0 Å². The third kappa shape index (κ3) is 3.48. The monoisotopic (exact) mass is 231 g/mol. The van der Waals surface area contributed by atoms with Crippen molar-refractivity contribution < 1.29 is 0 Å². The molecule has 1 saturated carbocycles. The zero-order valence-corrected chi connectivity index (χ0v) is 10.6. The number of nitrogens with two attached hydrogens (primary N) is 1. The van der Waals surface area contributed by atoms with Crippen molar-refractivity contribution in [2.24, 2.45) is 10.7 Å². The first kappa shape index (κ1) is 12.0. The molecular weight excluding hydrogens is 210 g/mol. The zero-order chi connectivity index (χ0) is 12.3. The molecule has 1 atom stereocenters. The Morgan fingerprint density at radius 3 is 2.59 bits per heavy atom. The van der Waals surface area contributed by atoms with Crippen molar-refractivity contribution in [2.45, 2.75) is 45.2 Å². The highest BCUT2D eigenvalue weighted by Crippen LogP contribution is 2.23. The van der Waals surface area contributed by atoms with E-state index in [-0.39, 0.29) is 6.04 Å². The van der Waals surface area contributed by atoms with Gasteiger partial charge in [-0.25, -0.2) is 0 Å². The quantitative estimate of drug-likeness (QED) is 0.617. The van der Waals surface area contributed by atoms with Crippen LogP contribution >= 0.6 is 0 Å². The SMILES string of the molecule is CCc1ccc(C(C)NC(N)=NC2CC2)cc1. The maximum Gasteiger partial charge on any atom is 0.189 e. The topological polar surface area (TPSA) is 50.4 Å². The van der Waals surface area contributed by atoms with E-state index >= 15 is 0 Å². The van der Waals surface area contributed by atoms with Gasteiger partial charge in [0.15, 0.2) is 5.96 Å². The highest BCUT2D eigenvalue weighted by Gasteiger charge is 2.20. The predicted octanol–water partition coefficient (Wildman–Crippen LogP) is 2.38. The van der Waals surface area contributed by atoms with Crippen LogP contribution in [0.1, 0.15) is 43.9 Å². The molecule has 0 heterocycles. The Morgan fingerprint density at radius 1 is 1.41 bits per heavy atom. The average Bonchev–Trinajstić information content (AvgIpc) is 3.12. The summed E-state index contributed by atoms with van der Waals surface area (Å²) in [5.41, 5.74) is 8.46. The second-order valence-electron chi connectivity index (χ2n) is 4.71. The normalized spacial score (nSPS) is 17.9. The molecule has 3 heteroatoms. The standard InChI is InChI=1S/C14H21N3/c1-3-11-4-6-12(7-5-11)10(2)16-14(15)17-13-8-9-13/h4-7,10,13H,3,8-9H2,1-2H3,(H3,15,16,17). The highest BCUT2D eigenvalue weighted by molar-refractivity contribution is 5.78. The van der Waals surface area contributed by atoms with E-state index in [0.717, 1.165) is 6.42 Å². The summed E-state index contributed by atoms with van der Waals surface area (Å²) in [6.07, 6.45) is 3.44. The summed E-state index contributed by atoms with van der Waals surface area (Å²) in [5.74, 6) is 0.569. The number of guanidine groups is 1. The van der Waals surface area contributed by atoms with E-state index in [9.17, 15) is 0 Å². The van der Waals surface area contributed by atoms with Crippen LogP contribution in [0.4, 0.5) is 0 Å². The van der Waals surface area contributed by atoms with Gasteiger partial charge in [-0.2, -0.15) is 0 Å². The van der Waals surface area contributed by atoms with Crippen molar-refractivity contribution in [1.29, 1.82) is 0 Å². The summed E-state index contributed by atoms with van der Waals surface area (Å²) in [5, 5.41) is 3.23. The summed E-state index contributed by atoms with van der Waals surface area (Å²) < 4.78 is 0. The molecule has 0 spiro atoms. The van der Waals surface area contributed by atoms with Gasteiger partial charge in [0, 0.05) is 0 Å². The molecule has 1 fully saturated rings. The number of rotatable bonds is 4. The Kier molecular flexibility index (Phi) is 3.67. The lowest BCUT2D eigenvalue weighted by Crippen LogP contribution is -2.34. The third-order valence-electron chi connectivity index (χ3n) is 3.12. The maximum absolute atomic E-state index is 5.85. The summed E-state index contributed by atoms with van der Waals surface area (Å²) in [6.45, 7) is 4.27. The first-order chi connectivity index (χ1) is 8.19. The number of aliphatic imine (C=N–C) groups is 1. The van der Waals surface area contributed by atoms with E-state index < -0.39 is 0 Å². The Hall–Kier alpha value is -1.51. The molecule has 3 N–H and O–H groups in total. The number of benzene rings is 1. The van der Waals surface area contributed by atoms with E-state index in [1.54, 1.807) is 0 Å². The summed E-state index contributed by atoms with van der Waals surface area (Å²) in [4.78, 5) is 4.37. The lowest BCUT2D eigenvalue weighted by molar-refractivity contribution is 0.707. The molecule has 0 bridgehead atoms. The van der Waals surface area contributed by atoms with E-state index in [0.29, 0.717) is 12.0 Å². The van der Waals surface area contributed by atoms with Crippen molar-refractivity contribution in [2.75, 3.05) is 0 Å². The second-order valence-corrected chi connectivity index (χ2v) is 4.71. The number of hydrogen-bond donors (Lipinski definition) is 2. The lowest BCUT2D eigenvalue weighted by atomic mass is 10.1.